The van der Waals surface area contributed by atoms with Crippen LogP contribution in [0.1, 0.15) is 19.0 Å². The van der Waals surface area contributed by atoms with Crippen LogP contribution in [0.5, 0.6) is 0 Å². The number of hydrogen-bond donors (Lipinski definition) is 1. The number of hydrogen-bond acceptors (Lipinski definition) is 3. The van der Waals surface area contributed by atoms with E-state index in [0.29, 0.717) is 10.0 Å². The number of aryl methyl sites for hydroxylation is 1. The highest BCUT2D eigenvalue weighted by Crippen LogP contribution is 2.29. The van der Waals surface area contributed by atoms with Crippen LogP contribution < -0.4 is 5.32 Å². The van der Waals surface area contributed by atoms with E-state index in [4.69, 9.17) is 23.2 Å². The first kappa shape index (κ1) is 12.7. The Morgan fingerprint density at radius 3 is 2.88 bits per heavy atom. The second-order valence-electron chi connectivity index (χ2n) is 3.64. The van der Waals surface area contributed by atoms with Crippen molar-refractivity contribution in [1.29, 1.82) is 0 Å². The smallest absolute Gasteiger partial charge is 0.187 e. The van der Waals surface area contributed by atoms with Crippen LogP contribution in [0.2, 0.25) is 10.0 Å². The molecular formula is C12H12Cl2N2S. The van der Waals surface area contributed by atoms with E-state index < -0.39 is 0 Å². The fourth-order valence-electron chi connectivity index (χ4n) is 1.44. The summed E-state index contributed by atoms with van der Waals surface area (Å²) >= 11 is 13.5. The van der Waals surface area contributed by atoms with Crippen LogP contribution in [-0.4, -0.2) is 4.98 Å². The summed E-state index contributed by atoms with van der Waals surface area (Å²) < 4.78 is 0. The average molecular weight is 287 g/mol. The third kappa shape index (κ3) is 3.35. The highest BCUT2D eigenvalue weighted by atomic mass is 35.5. The zero-order valence-electron chi connectivity index (χ0n) is 9.34. The van der Waals surface area contributed by atoms with Gasteiger partial charge in [-0.1, -0.05) is 36.5 Å². The first-order valence-electron chi connectivity index (χ1n) is 5.35. The molecule has 0 aliphatic carbocycles. The molecule has 0 radical (unpaired) electrons. The second-order valence-corrected chi connectivity index (χ2v) is 5.34. The van der Waals surface area contributed by atoms with Gasteiger partial charge >= 0.3 is 0 Å². The molecule has 0 atom stereocenters. The lowest BCUT2D eigenvalue weighted by atomic mass is 10.3. The summed E-state index contributed by atoms with van der Waals surface area (Å²) in [6, 6.07) is 5.37. The van der Waals surface area contributed by atoms with E-state index in [9.17, 15) is 0 Å². The molecule has 0 saturated heterocycles. The number of aromatic nitrogens is 1. The molecule has 0 spiro atoms. The summed E-state index contributed by atoms with van der Waals surface area (Å²) in [7, 11) is 0. The number of nitrogens with zero attached hydrogens (tertiary/aromatic N) is 1. The van der Waals surface area contributed by atoms with Crippen LogP contribution >= 0.6 is 34.5 Å². The van der Waals surface area contributed by atoms with E-state index >= 15 is 0 Å². The van der Waals surface area contributed by atoms with Crippen LogP contribution in [0.3, 0.4) is 0 Å². The Morgan fingerprint density at radius 2 is 2.18 bits per heavy atom. The van der Waals surface area contributed by atoms with Crippen molar-refractivity contribution in [3.8, 4) is 0 Å². The summed E-state index contributed by atoms with van der Waals surface area (Å²) in [5.74, 6) is 0. The number of rotatable bonds is 4. The molecule has 2 nitrogen and oxygen atoms in total. The maximum absolute atomic E-state index is 6.08. The van der Waals surface area contributed by atoms with Crippen molar-refractivity contribution in [1.82, 2.24) is 4.98 Å². The molecule has 1 heterocycles. The van der Waals surface area contributed by atoms with Crippen LogP contribution in [0.4, 0.5) is 10.8 Å². The number of halogens is 2. The Kier molecular flexibility index (Phi) is 4.26. The summed E-state index contributed by atoms with van der Waals surface area (Å²) in [6.07, 6.45) is 2.11. The third-order valence-electron chi connectivity index (χ3n) is 2.23. The number of anilines is 2. The molecular weight excluding hydrogens is 275 g/mol. The van der Waals surface area contributed by atoms with Gasteiger partial charge in [0.2, 0.25) is 0 Å². The van der Waals surface area contributed by atoms with E-state index in [2.05, 4.69) is 22.6 Å². The Bertz CT molecular complexity index is 511. The maximum Gasteiger partial charge on any atom is 0.187 e. The summed E-state index contributed by atoms with van der Waals surface area (Å²) in [5, 5.41) is 7.35. The normalized spacial score (nSPS) is 10.5. The van der Waals surface area contributed by atoms with Gasteiger partial charge < -0.3 is 5.32 Å². The van der Waals surface area contributed by atoms with Crippen LogP contribution in [0.15, 0.2) is 23.6 Å². The molecule has 0 fully saturated rings. The highest BCUT2D eigenvalue weighted by Gasteiger charge is 2.05. The molecule has 2 rings (SSSR count). The third-order valence-corrected chi connectivity index (χ3v) is 3.58. The van der Waals surface area contributed by atoms with Crippen molar-refractivity contribution in [2.24, 2.45) is 0 Å². The van der Waals surface area contributed by atoms with Crippen molar-refractivity contribution in [3.63, 3.8) is 0 Å². The van der Waals surface area contributed by atoms with Crippen LogP contribution in [-0.2, 0) is 6.42 Å². The maximum atomic E-state index is 6.08. The molecule has 0 bridgehead atoms. The summed E-state index contributed by atoms with van der Waals surface area (Å²) in [4.78, 5) is 4.47. The van der Waals surface area contributed by atoms with E-state index in [1.54, 1.807) is 23.5 Å². The zero-order chi connectivity index (χ0) is 12.3. The molecule has 1 aromatic heterocycles. The largest absolute Gasteiger partial charge is 0.330 e. The second kappa shape index (κ2) is 5.71. The van der Waals surface area contributed by atoms with Gasteiger partial charge in [-0.2, -0.15) is 0 Å². The van der Waals surface area contributed by atoms with Crippen LogP contribution in [0.25, 0.3) is 0 Å². The van der Waals surface area contributed by atoms with Crippen molar-refractivity contribution in [2.45, 2.75) is 19.8 Å². The average Bonchev–Trinajstić information content (AvgIpc) is 2.71. The SMILES string of the molecule is CCCc1csc(Nc2ccc(Cl)cc2Cl)n1. The minimum atomic E-state index is 0.602. The molecule has 0 aliphatic rings. The van der Waals surface area contributed by atoms with Crippen molar-refractivity contribution in [2.75, 3.05) is 5.32 Å². The quantitative estimate of drug-likeness (QED) is 0.841. The topological polar surface area (TPSA) is 24.9 Å². The Labute approximate surface area is 115 Å². The van der Waals surface area contributed by atoms with Crippen molar-refractivity contribution in [3.05, 3.63) is 39.3 Å². The van der Waals surface area contributed by atoms with Gasteiger partial charge in [0.05, 0.1) is 16.4 Å². The predicted octanol–water partition coefficient (Wildman–Crippen LogP) is 5.15. The van der Waals surface area contributed by atoms with Gasteiger partial charge in [0.15, 0.2) is 5.13 Å². The first-order valence-corrected chi connectivity index (χ1v) is 6.99. The monoisotopic (exact) mass is 286 g/mol. The minimum Gasteiger partial charge on any atom is -0.330 e. The number of thiazole rings is 1. The first-order chi connectivity index (χ1) is 8.19. The Balaban J connectivity index is 2.13. The van der Waals surface area contributed by atoms with E-state index in [1.807, 2.05) is 6.07 Å². The van der Waals surface area contributed by atoms with Crippen LogP contribution in [0, 0.1) is 0 Å². The molecule has 5 heteroatoms. The lowest BCUT2D eigenvalue weighted by molar-refractivity contribution is 0.894. The number of nitrogens with one attached hydrogen (secondary N) is 1. The molecule has 1 aromatic carbocycles. The van der Waals surface area contributed by atoms with Gasteiger partial charge in [-0.15, -0.1) is 11.3 Å². The summed E-state index contributed by atoms with van der Waals surface area (Å²) in [6.45, 7) is 2.14. The highest BCUT2D eigenvalue weighted by molar-refractivity contribution is 7.13. The summed E-state index contributed by atoms with van der Waals surface area (Å²) in [5.41, 5.74) is 1.94. The zero-order valence-corrected chi connectivity index (χ0v) is 11.7. The Morgan fingerprint density at radius 1 is 1.35 bits per heavy atom. The molecule has 0 saturated carbocycles. The molecule has 17 heavy (non-hydrogen) atoms. The fourth-order valence-corrected chi connectivity index (χ4v) is 2.65. The molecule has 0 aliphatic heterocycles. The van der Waals surface area contributed by atoms with E-state index in [-0.39, 0.29) is 0 Å². The van der Waals surface area contributed by atoms with Crippen molar-refractivity contribution >= 4 is 45.4 Å². The van der Waals surface area contributed by atoms with E-state index in [1.165, 1.54) is 0 Å². The lowest BCUT2D eigenvalue weighted by Crippen LogP contribution is -1.91. The molecule has 2 aromatic rings. The molecule has 90 valence electrons. The molecule has 0 amide bonds. The Hall–Kier alpha value is -0.770. The fraction of sp³-hybridized carbons (Fsp3) is 0.250. The van der Waals surface area contributed by atoms with E-state index in [0.717, 1.165) is 29.4 Å². The number of benzene rings is 1. The van der Waals surface area contributed by atoms with Gasteiger partial charge in [0.25, 0.3) is 0 Å². The predicted molar refractivity (Wildman–Crippen MR) is 75.9 cm³/mol. The molecule has 0 unspecified atom stereocenters. The van der Waals surface area contributed by atoms with Gasteiger partial charge in [-0.05, 0) is 24.6 Å². The van der Waals surface area contributed by atoms with Gasteiger partial charge in [0.1, 0.15) is 0 Å². The van der Waals surface area contributed by atoms with Crippen molar-refractivity contribution < 1.29 is 0 Å². The molecule has 1 N–H and O–H groups in total. The standard InChI is InChI=1S/C12H12Cl2N2S/c1-2-3-9-7-17-12(15-9)16-11-5-4-8(13)6-10(11)14/h4-7H,2-3H2,1H3,(H,15,16). The van der Waals surface area contributed by atoms with Gasteiger partial charge in [0, 0.05) is 10.4 Å². The van der Waals surface area contributed by atoms with Gasteiger partial charge in [-0.3, -0.25) is 0 Å². The van der Waals surface area contributed by atoms with Gasteiger partial charge in [-0.25, -0.2) is 4.98 Å². The lowest BCUT2D eigenvalue weighted by Gasteiger charge is -2.05. The minimum absolute atomic E-state index is 0.602.